The zero-order valence-corrected chi connectivity index (χ0v) is 16.7. The molecular weight excluding hydrogens is 358 g/mol. The normalized spacial score (nSPS) is 24.1. The molecule has 2 aliphatic rings. The highest BCUT2D eigenvalue weighted by Gasteiger charge is 2.53. The number of amides is 1. The maximum absolute atomic E-state index is 12.8. The lowest BCUT2D eigenvalue weighted by molar-refractivity contribution is -0.131. The summed E-state index contributed by atoms with van der Waals surface area (Å²) >= 11 is 0. The summed E-state index contributed by atoms with van der Waals surface area (Å²) in [6.07, 6.45) is 6.76. The largest absolute Gasteiger partial charge is 0.481 e. The number of rotatable bonds is 6. The van der Waals surface area contributed by atoms with E-state index in [9.17, 15) is 4.79 Å². The number of likely N-dealkylation sites (tertiary alicyclic amines) is 1. The third-order valence-corrected chi connectivity index (χ3v) is 5.78. The number of methoxy groups -OCH3 is 1. The Kier molecular flexibility index (Phi) is 4.92. The molecule has 9 nitrogen and oxygen atoms in total. The Morgan fingerprint density at radius 1 is 1.32 bits per heavy atom. The van der Waals surface area contributed by atoms with Crippen molar-refractivity contribution in [3.63, 3.8) is 0 Å². The van der Waals surface area contributed by atoms with Crippen molar-refractivity contribution in [1.82, 2.24) is 29.3 Å². The number of carbonyl (C=O) groups excluding carboxylic acids is 1. The predicted octanol–water partition coefficient (Wildman–Crippen LogP) is 0.208. The fourth-order valence-corrected chi connectivity index (χ4v) is 4.65. The molecule has 150 valence electrons. The summed E-state index contributed by atoms with van der Waals surface area (Å²) in [5, 5.41) is 0. The van der Waals surface area contributed by atoms with Gasteiger partial charge in [-0.15, -0.1) is 0 Å². The Balaban J connectivity index is 1.51. The fraction of sp³-hybridized carbons (Fsp3) is 0.579. The van der Waals surface area contributed by atoms with Crippen LogP contribution in [-0.4, -0.2) is 89.2 Å². The van der Waals surface area contributed by atoms with E-state index < -0.39 is 0 Å². The number of fused-ring (bicyclic) bond motifs is 1. The highest BCUT2D eigenvalue weighted by molar-refractivity contribution is 5.76. The first-order valence-corrected chi connectivity index (χ1v) is 9.48. The number of aromatic nitrogens is 4. The van der Waals surface area contributed by atoms with Crippen LogP contribution in [-0.2, 0) is 11.3 Å². The Labute approximate surface area is 164 Å². The van der Waals surface area contributed by atoms with Gasteiger partial charge >= 0.3 is 0 Å². The van der Waals surface area contributed by atoms with Crippen molar-refractivity contribution in [2.75, 3.05) is 58.8 Å². The molecule has 0 radical (unpaired) electrons. The van der Waals surface area contributed by atoms with Gasteiger partial charge in [-0.1, -0.05) is 0 Å². The van der Waals surface area contributed by atoms with Crippen molar-refractivity contribution in [2.24, 2.45) is 11.3 Å². The molecule has 0 saturated carbocycles. The van der Waals surface area contributed by atoms with Crippen molar-refractivity contribution < 1.29 is 9.53 Å². The van der Waals surface area contributed by atoms with Gasteiger partial charge in [-0.2, -0.15) is 0 Å². The number of nitrogens with zero attached hydrogens (tertiary/aromatic N) is 7. The number of carbonyl (C=O) groups is 1. The Hall–Kier alpha value is -2.68. The van der Waals surface area contributed by atoms with E-state index in [4.69, 9.17) is 4.74 Å². The number of imidazole rings is 1. The molecule has 9 heteroatoms. The molecule has 2 aliphatic heterocycles. The van der Waals surface area contributed by atoms with E-state index in [2.05, 4.69) is 38.8 Å². The summed E-state index contributed by atoms with van der Waals surface area (Å²) < 4.78 is 7.08. The van der Waals surface area contributed by atoms with E-state index >= 15 is 0 Å². The van der Waals surface area contributed by atoms with Gasteiger partial charge in [-0.05, 0) is 14.1 Å². The SMILES string of the molecule is COc1cc(N2C[C@H]3CN(C(=O)Cn4ccnc4)C[C@@]3(CN(C)C)C2)ncn1. The maximum Gasteiger partial charge on any atom is 0.242 e. The van der Waals surface area contributed by atoms with Gasteiger partial charge in [0.1, 0.15) is 18.7 Å². The van der Waals surface area contributed by atoms with Crippen LogP contribution in [0.15, 0.2) is 31.1 Å². The number of ether oxygens (including phenoxy) is 1. The minimum Gasteiger partial charge on any atom is -0.481 e. The minimum absolute atomic E-state index is 0.0340. The lowest BCUT2D eigenvalue weighted by atomic mass is 9.80. The third kappa shape index (κ3) is 3.54. The molecular formula is C19H27N7O2. The van der Waals surface area contributed by atoms with Crippen LogP contribution in [0.2, 0.25) is 0 Å². The van der Waals surface area contributed by atoms with Gasteiger partial charge in [-0.3, -0.25) is 4.79 Å². The van der Waals surface area contributed by atoms with E-state index in [1.54, 1.807) is 26.0 Å². The second kappa shape index (κ2) is 7.38. The van der Waals surface area contributed by atoms with Crippen LogP contribution in [0.5, 0.6) is 5.88 Å². The van der Waals surface area contributed by atoms with E-state index in [0.717, 1.165) is 38.5 Å². The van der Waals surface area contributed by atoms with Crippen LogP contribution < -0.4 is 9.64 Å². The van der Waals surface area contributed by atoms with Crippen LogP contribution >= 0.6 is 0 Å². The second-order valence-electron chi connectivity index (χ2n) is 8.11. The molecule has 0 aromatic carbocycles. The fourth-order valence-electron chi connectivity index (χ4n) is 4.65. The lowest BCUT2D eigenvalue weighted by Crippen LogP contribution is -2.43. The van der Waals surface area contributed by atoms with E-state index in [0.29, 0.717) is 18.3 Å². The standard InChI is InChI=1S/C19H27N7O2/c1-23(2)10-19-11-25(16-6-17(28-3)22-13-21-16)7-15(19)8-26(12-19)18(27)9-24-5-4-20-14-24/h4-6,13-15H,7-12H2,1-3H3/t15-,19+/m0/s1. The average molecular weight is 385 g/mol. The van der Waals surface area contributed by atoms with Crippen molar-refractivity contribution in [3.05, 3.63) is 31.1 Å². The molecule has 1 amide bonds. The Bertz CT molecular complexity index is 825. The Morgan fingerprint density at radius 3 is 2.89 bits per heavy atom. The van der Waals surface area contributed by atoms with Gasteiger partial charge in [0, 0.05) is 62.5 Å². The molecule has 0 aliphatic carbocycles. The molecule has 2 fully saturated rings. The van der Waals surface area contributed by atoms with Crippen molar-refractivity contribution >= 4 is 11.7 Å². The average Bonchev–Trinajstić information content (AvgIpc) is 3.35. The monoisotopic (exact) mass is 385 g/mol. The van der Waals surface area contributed by atoms with E-state index in [1.807, 2.05) is 21.7 Å². The summed E-state index contributed by atoms with van der Waals surface area (Å²) in [4.78, 5) is 31.9. The van der Waals surface area contributed by atoms with Gasteiger partial charge in [-0.25, -0.2) is 15.0 Å². The molecule has 2 saturated heterocycles. The van der Waals surface area contributed by atoms with E-state index in [-0.39, 0.29) is 11.3 Å². The van der Waals surface area contributed by atoms with Crippen LogP contribution in [0, 0.1) is 11.3 Å². The van der Waals surface area contributed by atoms with Gasteiger partial charge in [0.05, 0.1) is 13.4 Å². The molecule has 0 N–H and O–H groups in total. The van der Waals surface area contributed by atoms with Crippen LogP contribution in [0.4, 0.5) is 5.82 Å². The molecule has 2 aromatic heterocycles. The number of anilines is 1. The second-order valence-corrected chi connectivity index (χ2v) is 8.11. The van der Waals surface area contributed by atoms with Crippen LogP contribution in [0.25, 0.3) is 0 Å². The molecule has 4 heterocycles. The lowest BCUT2D eigenvalue weighted by Gasteiger charge is -2.32. The van der Waals surface area contributed by atoms with E-state index in [1.165, 1.54) is 0 Å². The molecule has 0 bridgehead atoms. The summed E-state index contributed by atoms with van der Waals surface area (Å²) in [7, 11) is 5.80. The zero-order valence-electron chi connectivity index (χ0n) is 16.7. The quantitative estimate of drug-likeness (QED) is 0.703. The molecule has 0 unspecified atom stereocenters. The van der Waals surface area contributed by atoms with Crippen LogP contribution in [0.3, 0.4) is 0 Å². The van der Waals surface area contributed by atoms with Gasteiger partial charge in [0.25, 0.3) is 0 Å². The molecule has 4 rings (SSSR count). The topological polar surface area (TPSA) is 79.6 Å². The number of hydrogen-bond acceptors (Lipinski definition) is 7. The van der Waals surface area contributed by atoms with Crippen molar-refractivity contribution in [2.45, 2.75) is 6.54 Å². The first-order valence-electron chi connectivity index (χ1n) is 9.48. The smallest absolute Gasteiger partial charge is 0.242 e. The number of hydrogen-bond donors (Lipinski definition) is 0. The minimum atomic E-state index is 0.0340. The maximum atomic E-state index is 12.8. The van der Waals surface area contributed by atoms with Crippen molar-refractivity contribution in [1.29, 1.82) is 0 Å². The summed E-state index contributed by atoms with van der Waals surface area (Å²) in [5.41, 5.74) is 0.0340. The van der Waals surface area contributed by atoms with Crippen molar-refractivity contribution in [3.8, 4) is 5.88 Å². The highest BCUT2D eigenvalue weighted by Crippen LogP contribution is 2.44. The summed E-state index contributed by atoms with van der Waals surface area (Å²) in [6, 6.07) is 1.88. The molecule has 2 atom stereocenters. The first kappa shape index (κ1) is 18.7. The molecule has 0 spiro atoms. The molecule has 28 heavy (non-hydrogen) atoms. The zero-order chi connectivity index (χ0) is 19.7. The third-order valence-electron chi connectivity index (χ3n) is 5.78. The van der Waals surface area contributed by atoms with Gasteiger partial charge in [0.15, 0.2) is 0 Å². The van der Waals surface area contributed by atoms with Gasteiger partial charge < -0.3 is 24.0 Å². The van der Waals surface area contributed by atoms with Gasteiger partial charge in [0.2, 0.25) is 11.8 Å². The Morgan fingerprint density at radius 2 is 2.18 bits per heavy atom. The summed E-state index contributed by atoms with van der Waals surface area (Å²) in [5.74, 6) is 2.01. The first-order chi connectivity index (χ1) is 13.5. The molecule has 2 aromatic rings. The summed E-state index contributed by atoms with van der Waals surface area (Å²) in [6.45, 7) is 4.57. The predicted molar refractivity (Wildman–Crippen MR) is 104 cm³/mol. The van der Waals surface area contributed by atoms with Crippen LogP contribution in [0.1, 0.15) is 0 Å². The highest BCUT2D eigenvalue weighted by atomic mass is 16.5.